The molecule has 1 aliphatic heterocycles. The standard InChI is InChI=1S/C22H24N2O4/c1-5-24(6-2)17-10-7-15(8-11-17)13-18-22(25)28-21(23-18)16-9-12-19(26-3)20(14-16)27-4/h7-14H,5-6H2,1-4H3. The summed E-state index contributed by atoms with van der Waals surface area (Å²) in [6.07, 6.45) is 1.72. The number of hydrogen-bond donors (Lipinski definition) is 0. The van der Waals surface area contributed by atoms with E-state index < -0.39 is 5.97 Å². The number of hydrogen-bond acceptors (Lipinski definition) is 6. The molecule has 1 aliphatic rings. The maximum Gasteiger partial charge on any atom is 0.363 e. The van der Waals surface area contributed by atoms with Gasteiger partial charge in [0.15, 0.2) is 17.2 Å². The lowest BCUT2D eigenvalue weighted by atomic mass is 10.1. The highest BCUT2D eigenvalue weighted by atomic mass is 16.6. The molecule has 6 heteroatoms. The third-order valence-electron chi connectivity index (χ3n) is 4.58. The number of benzene rings is 2. The van der Waals surface area contributed by atoms with Crippen molar-refractivity contribution >= 4 is 23.6 Å². The van der Waals surface area contributed by atoms with Gasteiger partial charge in [0, 0.05) is 24.3 Å². The molecular weight excluding hydrogens is 356 g/mol. The highest BCUT2D eigenvalue weighted by Gasteiger charge is 2.25. The van der Waals surface area contributed by atoms with E-state index in [2.05, 4.69) is 23.7 Å². The van der Waals surface area contributed by atoms with Gasteiger partial charge in [-0.3, -0.25) is 0 Å². The van der Waals surface area contributed by atoms with E-state index in [-0.39, 0.29) is 11.6 Å². The lowest BCUT2D eigenvalue weighted by Gasteiger charge is -2.20. The van der Waals surface area contributed by atoms with Crippen LogP contribution in [0.15, 0.2) is 53.2 Å². The van der Waals surface area contributed by atoms with E-state index in [9.17, 15) is 4.79 Å². The third kappa shape index (κ3) is 4.01. The van der Waals surface area contributed by atoms with Gasteiger partial charge < -0.3 is 19.1 Å². The van der Waals surface area contributed by atoms with E-state index in [0.717, 1.165) is 24.3 Å². The van der Waals surface area contributed by atoms with Crippen LogP contribution in [0.3, 0.4) is 0 Å². The molecule has 2 aromatic carbocycles. The Morgan fingerprint density at radius 1 is 1.00 bits per heavy atom. The summed E-state index contributed by atoms with van der Waals surface area (Å²) in [4.78, 5) is 18.9. The molecule has 0 N–H and O–H groups in total. The Kier molecular flexibility index (Phi) is 5.99. The Morgan fingerprint density at radius 2 is 1.68 bits per heavy atom. The summed E-state index contributed by atoms with van der Waals surface area (Å²) in [6, 6.07) is 13.3. The maximum absolute atomic E-state index is 12.2. The molecule has 0 radical (unpaired) electrons. The van der Waals surface area contributed by atoms with Crippen LogP contribution in [0.4, 0.5) is 5.69 Å². The average molecular weight is 380 g/mol. The Hall–Kier alpha value is -3.28. The number of ether oxygens (including phenoxy) is 3. The van der Waals surface area contributed by atoms with Gasteiger partial charge in [-0.05, 0) is 55.8 Å². The van der Waals surface area contributed by atoms with Crippen molar-refractivity contribution in [2.75, 3.05) is 32.2 Å². The van der Waals surface area contributed by atoms with Crippen molar-refractivity contribution in [2.24, 2.45) is 4.99 Å². The fourth-order valence-corrected chi connectivity index (χ4v) is 3.03. The Balaban J connectivity index is 1.85. The first-order chi connectivity index (χ1) is 13.6. The van der Waals surface area contributed by atoms with Crippen LogP contribution in [-0.4, -0.2) is 39.2 Å². The smallest absolute Gasteiger partial charge is 0.363 e. The zero-order valence-electron chi connectivity index (χ0n) is 16.6. The predicted octanol–water partition coefficient (Wildman–Crippen LogP) is 3.89. The zero-order chi connectivity index (χ0) is 20.1. The minimum Gasteiger partial charge on any atom is -0.493 e. The lowest BCUT2D eigenvalue weighted by Crippen LogP contribution is -2.21. The molecule has 1 heterocycles. The van der Waals surface area contributed by atoms with E-state index in [1.807, 2.05) is 24.3 Å². The van der Waals surface area contributed by atoms with E-state index in [0.29, 0.717) is 17.1 Å². The number of methoxy groups -OCH3 is 2. The number of esters is 1. The molecule has 6 nitrogen and oxygen atoms in total. The van der Waals surface area contributed by atoms with Gasteiger partial charge in [0.2, 0.25) is 5.90 Å². The van der Waals surface area contributed by atoms with E-state index in [1.165, 1.54) is 0 Å². The normalized spacial score (nSPS) is 14.6. The van der Waals surface area contributed by atoms with Gasteiger partial charge in [-0.2, -0.15) is 0 Å². The first-order valence-electron chi connectivity index (χ1n) is 9.19. The molecule has 0 aromatic heterocycles. The van der Waals surface area contributed by atoms with E-state index >= 15 is 0 Å². The van der Waals surface area contributed by atoms with Crippen LogP contribution in [0, 0.1) is 0 Å². The molecule has 0 fully saturated rings. The molecule has 0 amide bonds. The molecule has 2 aromatic rings. The number of nitrogens with zero attached hydrogens (tertiary/aromatic N) is 2. The van der Waals surface area contributed by atoms with Gasteiger partial charge in [0.1, 0.15) is 0 Å². The Bertz CT molecular complexity index is 913. The van der Waals surface area contributed by atoms with Crippen molar-refractivity contribution in [2.45, 2.75) is 13.8 Å². The maximum atomic E-state index is 12.2. The molecule has 28 heavy (non-hydrogen) atoms. The first kappa shape index (κ1) is 19.5. The largest absolute Gasteiger partial charge is 0.493 e. The molecule has 3 rings (SSSR count). The van der Waals surface area contributed by atoms with Crippen LogP contribution in [0.5, 0.6) is 11.5 Å². The van der Waals surface area contributed by atoms with Crippen molar-refractivity contribution in [3.8, 4) is 11.5 Å². The van der Waals surface area contributed by atoms with E-state index in [1.54, 1.807) is 38.5 Å². The number of aliphatic imine (C=N–C) groups is 1. The highest BCUT2D eigenvalue weighted by Crippen LogP contribution is 2.29. The molecular formula is C22H24N2O4. The molecule has 0 spiro atoms. The second-order valence-corrected chi connectivity index (χ2v) is 6.17. The van der Waals surface area contributed by atoms with Gasteiger partial charge in [0.05, 0.1) is 14.2 Å². The number of rotatable bonds is 7. The highest BCUT2D eigenvalue weighted by molar-refractivity contribution is 6.13. The molecule has 0 aliphatic carbocycles. The number of anilines is 1. The molecule has 146 valence electrons. The van der Waals surface area contributed by atoms with Gasteiger partial charge in [-0.15, -0.1) is 0 Å². The minimum atomic E-state index is -0.474. The molecule has 0 saturated heterocycles. The quantitative estimate of drug-likeness (QED) is 0.539. The van der Waals surface area contributed by atoms with Gasteiger partial charge in [-0.1, -0.05) is 12.1 Å². The number of carbonyl (C=O) groups is 1. The van der Waals surface area contributed by atoms with Crippen LogP contribution in [-0.2, 0) is 9.53 Å². The van der Waals surface area contributed by atoms with Gasteiger partial charge >= 0.3 is 5.97 Å². The molecule has 0 atom stereocenters. The van der Waals surface area contributed by atoms with Crippen LogP contribution in [0.1, 0.15) is 25.0 Å². The van der Waals surface area contributed by atoms with Crippen molar-refractivity contribution in [3.05, 3.63) is 59.3 Å². The van der Waals surface area contributed by atoms with Crippen molar-refractivity contribution < 1.29 is 19.0 Å². The van der Waals surface area contributed by atoms with Crippen molar-refractivity contribution in [1.29, 1.82) is 0 Å². The topological polar surface area (TPSA) is 60.4 Å². The zero-order valence-corrected chi connectivity index (χ0v) is 16.6. The van der Waals surface area contributed by atoms with Gasteiger partial charge in [-0.25, -0.2) is 9.79 Å². The summed E-state index contributed by atoms with van der Waals surface area (Å²) >= 11 is 0. The van der Waals surface area contributed by atoms with Crippen molar-refractivity contribution in [1.82, 2.24) is 0 Å². The average Bonchev–Trinajstić information content (AvgIpc) is 3.09. The summed E-state index contributed by atoms with van der Waals surface area (Å²) in [5, 5.41) is 0. The SMILES string of the molecule is CCN(CC)c1ccc(C=C2N=C(c3ccc(OC)c(OC)c3)OC2=O)cc1. The fourth-order valence-electron chi connectivity index (χ4n) is 3.03. The molecule has 0 saturated carbocycles. The summed E-state index contributed by atoms with van der Waals surface area (Å²) in [5.41, 5.74) is 2.95. The monoisotopic (exact) mass is 380 g/mol. The Morgan fingerprint density at radius 3 is 2.29 bits per heavy atom. The van der Waals surface area contributed by atoms with Gasteiger partial charge in [0.25, 0.3) is 0 Å². The van der Waals surface area contributed by atoms with Crippen LogP contribution < -0.4 is 14.4 Å². The van der Waals surface area contributed by atoms with Crippen LogP contribution in [0.25, 0.3) is 6.08 Å². The summed E-state index contributed by atoms with van der Waals surface area (Å²) < 4.78 is 15.9. The molecule has 0 bridgehead atoms. The molecule has 0 unspecified atom stereocenters. The second-order valence-electron chi connectivity index (χ2n) is 6.17. The number of cyclic esters (lactones) is 1. The Labute approximate surface area is 165 Å². The first-order valence-corrected chi connectivity index (χ1v) is 9.19. The third-order valence-corrected chi connectivity index (χ3v) is 4.58. The fraction of sp³-hybridized carbons (Fsp3) is 0.273. The van der Waals surface area contributed by atoms with E-state index in [4.69, 9.17) is 14.2 Å². The summed E-state index contributed by atoms with van der Waals surface area (Å²) in [7, 11) is 3.12. The number of carbonyl (C=O) groups excluding carboxylic acids is 1. The minimum absolute atomic E-state index is 0.247. The van der Waals surface area contributed by atoms with Crippen molar-refractivity contribution in [3.63, 3.8) is 0 Å². The second kappa shape index (κ2) is 8.61. The summed E-state index contributed by atoms with van der Waals surface area (Å²) in [5.74, 6) is 0.915. The summed E-state index contributed by atoms with van der Waals surface area (Å²) in [6.45, 7) is 6.14. The van der Waals surface area contributed by atoms with Crippen LogP contribution >= 0.6 is 0 Å². The predicted molar refractivity (Wildman–Crippen MR) is 110 cm³/mol. The lowest BCUT2D eigenvalue weighted by molar-refractivity contribution is -0.129. The van der Waals surface area contributed by atoms with Crippen LogP contribution in [0.2, 0.25) is 0 Å².